The first-order valence-electron chi connectivity index (χ1n) is 1.85. The SMILES string of the molecule is C=C1C=COC1. The van der Waals surface area contributed by atoms with Gasteiger partial charge in [-0.3, -0.25) is 0 Å². The smallest absolute Gasteiger partial charge is 0.112 e. The fraction of sp³-hybridized carbons (Fsp3) is 0.200. The van der Waals surface area contributed by atoms with Crippen LogP contribution in [0.5, 0.6) is 0 Å². The first-order chi connectivity index (χ1) is 2.89. The lowest BCUT2D eigenvalue weighted by molar-refractivity contribution is 0.302. The fourth-order valence-corrected chi connectivity index (χ4v) is 0.348. The molecule has 0 aromatic carbocycles. The highest BCUT2D eigenvalue weighted by molar-refractivity contribution is 5.16. The van der Waals surface area contributed by atoms with Crippen LogP contribution in [-0.2, 0) is 4.74 Å². The molecule has 1 rings (SSSR count). The molecule has 0 aromatic heterocycles. The van der Waals surface area contributed by atoms with Gasteiger partial charge in [0.15, 0.2) is 0 Å². The second-order valence-electron chi connectivity index (χ2n) is 1.27. The van der Waals surface area contributed by atoms with Gasteiger partial charge in [0.2, 0.25) is 0 Å². The van der Waals surface area contributed by atoms with E-state index in [1.165, 1.54) is 0 Å². The van der Waals surface area contributed by atoms with Crippen LogP contribution in [0.25, 0.3) is 0 Å². The molecule has 0 aromatic rings. The summed E-state index contributed by atoms with van der Waals surface area (Å²) >= 11 is 0. The lowest BCUT2D eigenvalue weighted by Crippen LogP contribution is -1.76. The normalized spacial score (nSPS) is 18.3. The summed E-state index contributed by atoms with van der Waals surface area (Å²) in [6, 6.07) is 0. The van der Waals surface area contributed by atoms with Gasteiger partial charge in [-0.25, -0.2) is 0 Å². The summed E-state index contributed by atoms with van der Waals surface area (Å²) in [4.78, 5) is 0. The maximum absolute atomic E-state index is 4.78. The Balaban J connectivity index is 2.59. The molecule has 0 radical (unpaired) electrons. The van der Waals surface area contributed by atoms with Crippen molar-refractivity contribution in [1.82, 2.24) is 0 Å². The zero-order chi connectivity index (χ0) is 4.41. The minimum Gasteiger partial charge on any atom is -0.497 e. The van der Waals surface area contributed by atoms with Crippen LogP contribution in [0.2, 0.25) is 0 Å². The highest BCUT2D eigenvalue weighted by Gasteiger charge is 1.91. The molecule has 1 aliphatic rings. The molecule has 1 aliphatic heterocycles. The summed E-state index contributed by atoms with van der Waals surface area (Å²) in [7, 11) is 0. The number of hydrogen-bond donors (Lipinski definition) is 0. The van der Waals surface area contributed by atoms with E-state index in [1.54, 1.807) is 6.26 Å². The molecule has 1 heterocycles. The summed E-state index contributed by atoms with van der Waals surface area (Å²) in [6.07, 6.45) is 3.52. The van der Waals surface area contributed by atoms with E-state index < -0.39 is 0 Å². The average molecular weight is 82.1 g/mol. The maximum Gasteiger partial charge on any atom is 0.112 e. The molecule has 1 nitrogen and oxygen atoms in total. The van der Waals surface area contributed by atoms with Crippen molar-refractivity contribution < 1.29 is 4.74 Å². The van der Waals surface area contributed by atoms with Crippen molar-refractivity contribution in [2.24, 2.45) is 0 Å². The van der Waals surface area contributed by atoms with Gasteiger partial charge < -0.3 is 4.74 Å². The lowest BCUT2D eigenvalue weighted by Gasteiger charge is -1.83. The summed E-state index contributed by atoms with van der Waals surface area (Å²) in [5.74, 6) is 0. The van der Waals surface area contributed by atoms with Crippen LogP contribution in [0.15, 0.2) is 24.5 Å². The van der Waals surface area contributed by atoms with Crippen molar-refractivity contribution >= 4 is 0 Å². The van der Waals surface area contributed by atoms with Gasteiger partial charge in [0.25, 0.3) is 0 Å². The van der Waals surface area contributed by atoms with E-state index >= 15 is 0 Å². The fourth-order valence-electron chi connectivity index (χ4n) is 0.348. The van der Waals surface area contributed by atoms with E-state index in [2.05, 4.69) is 6.58 Å². The number of rotatable bonds is 0. The Morgan fingerprint density at radius 2 is 2.67 bits per heavy atom. The van der Waals surface area contributed by atoms with Crippen LogP contribution >= 0.6 is 0 Å². The average Bonchev–Trinajstić information content (AvgIpc) is 1.86. The van der Waals surface area contributed by atoms with E-state index in [-0.39, 0.29) is 0 Å². The van der Waals surface area contributed by atoms with Crippen LogP contribution in [0, 0.1) is 0 Å². The zero-order valence-electron chi connectivity index (χ0n) is 3.48. The van der Waals surface area contributed by atoms with Crippen molar-refractivity contribution in [1.29, 1.82) is 0 Å². The highest BCUT2D eigenvalue weighted by atomic mass is 16.5. The van der Waals surface area contributed by atoms with Crippen LogP contribution in [0.1, 0.15) is 0 Å². The second-order valence-corrected chi connectivity index (χ2v) is 1.27. The molecule has 0 fully saturated rings. The van der Waals surface area contributed by atoms with E-state index in [4.69, 9.17) is 4.74 Å². The summed E-state index contributed by atoms with van der Waals surface area (Å²) < 4.78 is 4.78. The zero-order valence-corrected chi connectivity index (χ0v) is 3.48. The Kier molecular flexibility index (Phi) is 0.675. The van der Waals surface area contributed by atoms with Gasteiger partial charge >= 0.3 is 0 Å². The molecule has 0 bridgehead atoms. The quantitative estimate of drug-likeness (QED) is 0.425. The number of ether oxygens (including phenoxy) is 1. The molecule has 0 atom stereocenters. The third kappa shape index (κ3) is 0.432. The first-order valence-corrected chi connectivity index (χ1v) is 1.85. The van der Waals surface area contributed by atoms with Gasteiger partial charge in [0, 0.05) is 0 Å². The molecule has 1 heteroatoms. The maximum atomic E-state index is 4.78. The predicted molar refractivity (Wildman–Crippen MR) is 24.2 cm³/mol. The van der Waals surface area contributed by atoms with Crippen molar-refractivity contribution in [2.45, 2.75) is 0 Å². The first kappa shape index (κ1) is 3.47. The molecule has 0 amide bonds. The topological polar surface area (TPSA) is 9.23 Å². The van der Waals surface area contributed by atoms with Crippen LogP contribution in [0.3, 0.4) is 0 Å². The third-order valence-electron chi connectivity index (χ3n) is 0.669. The van der Waals surface area contributed by atoms with Gasteiger partial charge in [-0.15, -0.1) is 0 Å². The Morgan fingerprint density at radius 3 is 2.83 bits per heavy atom. The molecule has 32 valence electrons. The van der Waals surface area contributed by atoms with Crippen LogP contribution < -0.4 is 0 Å². The van der Waals surface area contributed by atoms with Crippen molar-refractivity contribution in [3.8, 4) is 0 Å². The lowest BCUT2D eigenvalue weighted by atomic mass is 10.4. The van der Waals surface area contributed by atoms with E-state index in [9.17, 15) is 0 Å². The van der Waals surface area contributed by atoms with Gasteiger partial charge in [-0.05, 0) is 11.6 Å². The summed E-state index contributed by atoms with van der Waals surface area (Å²) in [5, 5.41) is 0. The molecular weight excluding hydrogens is 76.1 g/mol. The minimum absolute atomic E-state index is 0.681. The monoisotopic (exact) mass is 82.0 g/mol. The predicted octanol–water partition coefficient (Wildman–Crippen LogP) is 1.09. The Morgan fingerprint density at radius 1 is 1.83 bits per heavy atom. The molecule has 0 saturated carbocycles. The van der Waals surface area contributed by atoms with Gasteiger partial charge in [0.05, 0.1) is 6.26 Å². The Hall–Kier alpha value is -0.720. The van der Waals surface area contributed by atoms with Crippen molar-refractivity contribution in [2.75, 3.05) is 6.61 Å². The number of hydrogen-bond acceptors (Lipinski definition) is 1. The van der Waals surface area contributed by atoms with E-state index in [0.29, 0.717) is 6.61 Å². The molecule has 6 heavy (non-hydrogen) atoms. The molecule has 0 N–H and O–H groups in total. The summed E-state index contributed by atoms with van der Waals surface area (Å²) in [5.41, 5.74) is 1.05. The molecule has 0 spiro atoms. The van der Waals surface area contributed by atoms with E-state index in [0.717, 1.165) is 5.57 Å². The summed E-state index contributed by atoms with van der Waals surface area (Å²) in [6.45, 7) is 4.32. The largest absolute Gasteiger partial charge is 0.497 e. The van der Waals surface area contributed by atoms with Gasteiger partial charge in [-0.2, -0.15) is 0 Å². The standard InChI is InChI=1S/C5H6O/c1-5-2-3-6-4-5/h2-3H,1,4H2. The van der Waals surface area contributed by atoms with Crippen molar-refractivity contribution in [3.05, 3.63) is 24.5 Å². The minimum atomic E-state index is 0.681. The van der Waals surface area contributed by atoms with E-state index in [1.807, 2.05) is 6.08 Å². The van der Waals surface area contributed by atoms with Crippen LogP contribution in [0.4, 0.5) is 0 Å². The molecule has 0 aliphatic carbocycles. The Bertz CT molecular complexity index is 92.1. The van der Waals surface area contributed by atoms with Crippen molar-refractivity contribution in [3.63, 3.8) is 0 Å². The molecular formula is C5H6O. The second kappa shape index (κ2) is 1.17. The highest BCUT2D eigenvalue weighted by Crippen LogP contribution is 2.01. The third-order valence-corrected chi connectivity index (χ3v) is 0.669. The van der Waals surface area contributed by atoms with Gasteiger partial charge in [-0.1, -0.05) is 6.58 Å². The molecule has 0 unspecified atom stereocenters. The van der Waals surface area contributed by atoms with Gasteiger partial charge in [0.1, 0.15) is 6.61 Å². The Labute approximate surface area is 36.9 Å². The molecule has 0 saturated heterocycles. The van der Waals surface area contributed by atoms with Crippen LogP contribution in [-0.4, -0.2) is 6.61 Å².